The maximum Gasteiger partial charge on any atom is 0.136 e. The summed E-state index contributed by atoms with van der Waals surface area (Å²) in [7, 11) is 0. The van der Waals surface area contributed by atoms with E-state index >= 15 is 0 Å². The number of nitrogens with zero attached hydrogens (tertiary/aromatic N) is 1. The second-order valence-electron chi connectivity index (χ2n) is 13.5. The number of para-hydroxylation sites is 2. The second-order valence-corrected chi connectivity index (χ2v) is 14.5. The number of thiophene rings is 1. The van der Waals surface area contributed by atoms with Gasteiger partial charge in [0.2, 0.25) is 0 Å². The molecule has 3 heteroatoms. The van der Waals surface area contributed by atoms with Crippen LogP contribution in [0.5, 0.6) is 0 Å². The summed E-state index contributed by atoms with van der Waals surface area (Å²) in [5, 5.41) is 8.31. The highest BCUT2D eigenvalue weighted by Crippen LogP contribution is 2.46. The molecule has 0 spiro atoms. The predicted octanol–water partition coefficient (Wildman–Crippen LogP) is 14.3. The minimum absolute atomic E-state index is 0.867. The van der Waals surface area contributed by atoms with Crippen molar-refractivity contribution in [2.24, 2.45) is 0 Å². The molecular weight excluding hydrogens is 651 g/mol. The smallest absolute Gasteiger partial charge is 0.136 e. The normalized spacial score (nSPS) is 11.8. The zero-order chi connectivity index (χ0) is 34.2. The highest BCUT2D eigenvalue weighted by molar-refractivity contribution is 7.25. The fourth-order valence-electron chi connectivity index (χ4n) is 8.04. The Labute approximate surface area is 303 Å². The number of hydrogen-bond acceptors (Lipinski definition) is 3. The summed E-state index contributed by atoms with van der Waals surface area (Å²) < 4.78 is 9.23. The Balaban J connectivity index is 1.08. The zero-order valence-corrected chi connectivity index (χ0v) is 28.8. The average molecular weight is 680 g/mol. The molecule has 242 valence electrons. The molecule has 0 aliphatic carbocycles. The van der Waals surface area contributed by atoms with Crippen molar-refractivity contribution in [1.82, 2.24) is 4.98 Å². The lowest BCUT2D eigenvalue weighted by Crippen LogP contribution is -1.93. The molecule has 3 aromatic heterocycles. The van der Waals surface area contributed by atoms with Gasteiger partial charge in [-0.3, -0.25) is 0 Å². The molecule has 0 saturated carbocycles. The molecule has 0 unspecified atom stereocenters. The minimum Gasteiger partial charge on any atom is -0.456 e. The molecule has 0 saturated heterocycles. The highest BCUT2D eigenvalue weighted by atomic mass is 32.1. The third-order valence-electron chi connectivity index (χ3n) is 10.5. The van der Waals surface area contributed by atoms with Gasteiger partial charge in [0.05, 0.1) is 11.2 Å². The monoisotopic (exact) mass is 679 g/mol. The third kappa shape index (κ3) is 4.53. The second kappa shape index (κ2) is 11.5. The number of rotatable bonds is 4. The molecule has 0 radical (unpaired) electrons. The molecule has 52 heavy (non-hydrogen) atoms. The molecule has 2 nitrogen and oxygen atoms in total. The van der Waals surface area contributed by atoms with Gasteiger partial charge < -0.3 is 4.42 Å². The summed E-state index contributed by atoms with van der Waals surface area (Å²) in [6.45, 7) is 0. The van der Waals surface area contributed by atoms with Crippen LogP contribution in [0, 0.1) is 0 Å². The zero-order valence-electron chi connectivity index (χ0n) is 28.0. The van der Waals surface area contributed by atoms with Crippen molar-refractivity contribution in [3.8, 4) is 44.6 Å². The number of aromatic nitrogens is 1. The molecule has 0 aliphatic rings. The number of pyridine rings is 1. The Kier molecular flexibility index (Phi) is 6.46. The van der Waals surface area contributed by atoms with Crippen LogP contribution in [0.3, 0.4) is 0 Å². The standard InChI is InChI=1S/C49H29NOS/c1-2-11-32(12-3-1)46-47-38-16-4-7-18-41(38)50-49(40(47)29-43-48(46)39-17-5-8-19-42(39)51-43)35-14-10-13-33(27-35)30-21-23-31(24-22-30)34-25-26-37-36-15-6-9-20-44(36)52-45(37)28-34/h1-29H. The predicted molar refractivity (Wildman–Crippen MR) is 221 cm³/mol. The van der Waals surface area contributed by atoms with Crippen LogP contribution in [0.1, 0.15) is 0 Å². The van der Waals surface area contributed by atoms with Crippen LogP contribution in [0.25, 0.3) is 108 Å². The molecule has 3 heterocycles. The SMILES string of the molecule is c1ccc(-c2c3c(cc4c(-c5cccc(-c6ccc(-c7ccc8c(c7)sc7ccccc78)cc6)c5)nc5ccccc5c24)oc2ccccc23)cc1. The van der Waals surface area contributed by atoms with Crippen LogP contribution in [0.4, 0.5) is 0 Å². The van der Waals surface area contributed by atoms with E-state index < -0.39 is 0 Å². The fourth-order valence-corrected chi connectivity index (χ4v) is 9.18. The van der Waals surface area contributed by atoms with E-state index in [1.807, 2.05) is 17.4 Å². The largest absolute Gasteiger partial charge is 0.456 e. The summed E-state index contributed by atoms with van der Waals surface area (Å²) in [5.41, 5.74) is 11.9. The first kappa shape index (κ1) is 29.2. The van der Waals surface area contributed by atoms with Gasteiger partial charge in [-0.1, -0.05) is 140 Å². The van der Waals surface area contributed by atoms with Crippen LogP contribution in [-0.2, 0) is 0 Å². The Morgan fingerprint density at radius 2 is 1.00 bits per heavy atom. The van der Waals surface area contributed by atoms with Crippen LogP contribution in [0.2, 0.25) is 0 Å². The quantitative estimate of drug-likeness (QED) is 0.173. The molecule has 0 amide bonds. The van der Waals surface area contributed by atoms with Gasteiger partial charge in [-0.15, -0.1) is 11.3 Å². The number of furan rings is 1. The van der Waals surface area contributed by atoms with E-state index in [2.05, 4.69) is 170 Å². The topological polar surface area (TPSA) is 26.0 Å². The van der Waals surface area contributed by atoms with E-state index in [0.29, 0.717) is 0 Å². The van der Waals surface area contributed by atoms with Crippen LogP contribution >= 0.6 is 11.3 Å². The Bertz CT molecular complexity index is 3170. The summed E-state index contributed by atoms with van der Waals surface area (Å²) in [5.74, 6) is 0. The van der Waals surface area contributed by atoms with E-state index in [1.54, 1.807) is 0 Å². The molecule has 11 aromatic rings. The van der Waals surface area contributed by atoms with Gasteiger partial charge >= 0.3 is 0 Å². The number of fused-ring (bicyclic) bond motifs is 9. The van der Waals surface area contributed by atoms with Gasteiger partial charge in [-0.05, 0) is 64.2 Å². The molecule has 0 bridgehead atoms. The molecular formula is C49H29NOS. The van der Waals surface area contributed by atoms with Crippen LogP contribution < -0.4 is 0 Å². The van der Waals surface area contributed by atoms with Crippen LogP contribution in [-0.4, -0.2) is 4.98 Å². The number of hydrogen-bond donors (Lipinski definition) is 0. The van der Waals surface area contributed by atoms with Crippen LogP contribution in [0.15, 0.2) is 180 Å². The first-order chi connectivity index (χ1) is 25.8. The Morgan fingerprint density at radius 3 is 1.85 bits per heavy atom. The van der Waals surface area contributed by atoms with Gasteiger partial charge in [0.1, 0.15) is 11.2 Å². The van der Waals surface area contributed by atoms with E-state index in [4.69, 9.17) is 9.40 Å². The maximum atomic E-state index is 6.58. The van der Waals surface area contributed by atoms with Gasteiger partial charge in [0, 0.05) is 58.2 Å². The minimum atomic E-state index is 0.867. The maximum absolute atomic E-state index is 6.58. The summed E-state index contributed by atoms with van der Waals surface area (Å²) >= 11 is 1.86. The van der Waals surface area contributed by atoms with E-state index in [9.17, 15) is 0 Å². The lowest BCUT2D eigenvalue weighted by atomic mass is 9.89. The van der Waals surface area contributed by atoms with E-state index in [0.717, 1.165) is 60.6 Å². The lowest BCUT2D eigenvalue weighted by Gasteiger charge is -2.16. The van der Waals surface area contributed by atoms with Gasteiger partial charge in [0.25, 0.3) is 0 Å². The highest BCUT2D eigenvalue weighted by Gasteiger charge is 2.21. The average Bonchev–Trinajstić information content (AvgIpc) is 3.78. The summed E-state index contributed by atoms with van der Waals surface area (Å²) in [4.78, 5) is 5.36. The van der Waals surface area contributed by atoms with Crippen molar-refractivity contribution in [3.63, 3.8) is 0 Å². The molecule has 0 aliphatic heterocycles. The van der Waals surface area contributed by atoms with Crippen molar-refractivity contribution in [3.05, 3.63) is 176 Å². The van der Waals surface area contributed by atoms with Crippen molar-refractivity contribution >= 4 is 75.1 Å². The Hall–Kier alpha value is -6.55. The fraction of sp³-hybridized carbons (Fsp3) is 0. The lowest BCUT2D eigenvalue weighted by molar-refractivity contribution is 0.669. The van der Waals surface area contributed by atoms with Crippen molar-refractivity contribution in [2.75, 3.05) is 0 Å². The summed E-state index contributed by atoms with van der Waals surface area (Å²) in [6.07, 6.45) is 0. The molecule has 8 aromatic carbocycles. The molecule has 0 N–H and O–H groups in total. The molecule has 11 rings (SSSR count). The third-order valence-corrected chi connectivity index (χ3v) is 11.6. The van der Waals surface area contributed by atoms with Crippen molar-refractivity contribution < 1.29 is 4.42 Å². The van der Waals surface area contributed by atoms with E-state index in [1.165, 1.54) is 47.8 Å². The van der Waals surface area contributed by atoms with Gasteiger partial charge in [-0.2, -0.15) is 0 Å². The molecule has 0 atom stereocenters. The first-order valence-corrected chi connectivity index (χ1v) is 18.4. The van der Waals surface area contributed by atoms with E-state index in [-0.39, 0.29) is 0 Å². The van der Waals surface area contributed by atoms with Crippen molar-refractivity contribution in [1.29, 1.82) is 0 Å². The van der Waals surface area contributed by atoms with Crippen molar-refractivity contribution in [2.45, 2.75) is 0 Å². The van der Waals surface area contributed by atoms with Gasteiger partial charge in [0.15, 0.2) is 0 Å². The van der Waals surface area contributed by atoms with Gasteiger partial charge in [-0.25, -0.2) is 4.98 Å². The summed E-state index contributed by atoms with van der Waals surface area (Å²) in [6, 6.07) is 63.1. The Morgan fingerprint density at radius 1 is 0.365 bits per heavy atom. The molecule has 0 fully saturated rings. The first-order valence-electron chi connectivity index (χ1n) is 17.6. The number of benzene rings is 8.